The lowest BCUT2D eigenvalue weighted by atomic mass is 10.2. The fourth-order valence-electron chi connectivity index (χ4n) is 1.33. The van der Waals surface area contributed by atoms with E-state index < -0.39 is 5.67 Å². The second-order valence-electron chi connectivity index (χ2n) is 3.99. The van der Waals surface area contributed by atoms with Gasteiger partial charge < -0.3 is 5.32 Å². The van der Waals surface area contributed by atoms with Gasteiger partial charge in [0.25, 0.3) is 0 Å². The summed E-state index contributed by atoms with van der Waals surface area (Å²) in [5.41, 5.74) is 0.172. The lowest BCUT2D eigenvalue weighted by Gasteiger charge is -2.09. The van der Waals surface area contributed by atoms with Crippen LogP contribution in [0.5, 0.6) is 0 Å². The summed E-state index contributed by atoms with van der Waals surface area (Å²) >= 11 is 0. The van der Waals surface area contributed by atoms with Crippen LogP contribution in [-0.4, -0.2) is 12.2 Å². The van der Waals surface area contributed by atoms with E-state index in [4.69, 9.17) is 0 Å². The molecule has 14 heavy (non-hydrogen) atoms. The van der Waals surface area contributed by atoms with Gasteiger partial charge in [-0.15, -0.1) is 0 Å². The van der Waals surface area contributed by atoms with Crippen LogP contribution in [0.1, 0.15) is 18.4 Å². The van der Waals surface area contributed by atoms with Gasteiger partial charge in [-0.2, -0.15) is 0 Å². The van der Waals surface area contributed by atoms with Crippen molar-refractivity contribution in [2.45, 2.75) is 25.4 Å². The highest BCUT2D eigenvalue weighted by Gasteiger charge is 2.42. The standard InChI is InChI=1S/C11H13F2N/c1-8-2-3-10(9(12)6-8)14-7-11(13)4-5-11/h2-3,6,14H,4-5,7H2,1H3. The van der Waals surface area contributed by atoms with Crippen molar-refractivity contribution in [3.05, 3.63) is 29.6 Å². The van der Waals surface area contributed by atoms with Gasteiger partial charge in [-0.3, -0.25) is 0 Å². The second-order valence-corrected chi connectivity index (χ2v) is 3.99. The van der Waals surface area contributed by atoms with Crippen LogP contribution in [0.4, 0.5) is 14.5 Å². The van der Waals surface area contributed by atoms with Gasteiger partial charge in [0.15, 0.2) is 0 Å². The second kappa shape index (κ2) is 3.23. The minimum absolute atomic E-state index is 0.215. The third-order valence-electron chi connectivity index (χ3n) is 2.51. The molecule has 0 spiro atoms. The summed E-state index contributed by atoms with van der Waals surface area (Å²) in [5.74, 6) is -0.311. The fourth-order valence-corrected chi connectivity index (χ4v) is 1.33. The summed E-state index contributed by atoms with van der Waals surface area (Å²) in [6, 6.07) is 4.90. The number of nitrogens with one attached hydrogen (secondary N) is 1. The summed E-state index contributed by atoms with van der Waals surface area (Å²) < 4.78 is 26.5. The SMILES string of the molecule is Cc1ccc(NCC2(F)CC2)c(F)c1. The van der Waals surface area contributed by atoms with Crippen molar-refractivity contribution in [3.8, 4) is 0 Å². The van der Waals surface area contributed by atoms with Gasteiger partial charge in [-0.05, 0) is 37.5 Å². The van der Waals surface area contributed by atoms with Crippen molar-refractivity contribution in [2.75, 3.05) is 11.9 Å². The van der Waals surface area contributed by atoms with Crippen LogP contribution in [0.2, 0.25) is 0 Å². The number of rotatable bonds is 3. The van der Waals surface area contributed by atoms with Crippen molar-refractivity contribution in [1.29, 1.82) is 0 Å². The van der Waals surface area contributed by atoms with Crippen molar-refractivity contribution >= 4 is 5.69 Å². The molecule has 1 aliphatic rings. The third-order valence-corrected chi connectivity index (χ3v) is 2.51. The van der Waals surface area contributed by atoms with E-state index in [9.17, 15) is 8.78 Å². The Morgan fingerprint density at radius 3 is 2.71 bits per heavy atom. The molecule has 3 heteroatoms. The predicted octanol–water partition coefficient (Wildman–Crippen LogP) is 3.05. The predicted molar refractivity (Wildman–Crippen MR) is 52.7 cm³/mol. The first-order chi connectivity index (χ1) is 6.59. The Morgan fingerprint density at radius 1 is 1.43 bits per heavy atom. The molecule has 1 saturated carbocycles. The Kier molecular flexibility index (Phi) is 2.17. The van der Waals surface area contributed by atoms with Gasteiger partial charge in [0, 0.05) is 6.54 Å². The van der Waals surface area contributed by atoms with Crippen molar-refractivity contribution < 1.29 is 8.78 Å². The first-order valence-corrected chi connectivity index (χ1v) is 4.78. The van der Waals surface area contributed by atoms with Crippen molar-refractivity contribution in [2.24, 2.45) is 0 Å². The molecule has 0 saturated heterocycles. The van der Waals surface area contributed by atoms with Crippen LogP contribution in [0.15, 0.2) is 18.2 Å². The summed E-state index contributed by atoms with van der Waals surface area (Å²) in [6.07, 6.45) is 1.18. The van der Waals surface area contributed by atoms with Crippen molar-refractivity contribution in [1.82, 2.24) is 0 Å². The number of anilines is 1. The molecule has 76 valence electrons. The Hall–Kier alpha value is -1.12. The number of aryl methyl sites for hydroxylation is 1. The lowest BCUT2D eigenvalue weighted by Crippen LogP contribution is -2.16. The maximum absolute atomic E-state index is 13.3. The van der Waals surface area contributed by atoms with E-state index in [0.29, 0.717) is 18.5 Å². The molecule has 0 radical (unpaired) electrons. The molecular formula is C11H13F2N. The summed E-state index contributed by atoms with van der Waals surface area (Å²) in [4.78, 5) is 0. The number of halogens is 2. The number of benzene rings is 1. The summed E-state index contributed by atoms with van der Waals surface area (Å²) in [5, 5.41) is 2.79. The van der Waals surface area contributed by atoms with Crippen molar-refractivity contribution in [3.63, 3.8) is 0 Å². The molecule has 1 N–H and O–H groups in total. The third kappa shape index (κ3) is 2.03. The quantitative estimate of drug-likeness (QED) is 0.785. The number of hydrogen-bond acceptors (Lipinski definition) is 1. The molecule has 1 aromatic rings. The van der Waals surface area contributed by atoms with Gasteiger partial charge in [0.1, 0.15) is 11.5 Å². The Balaban J connectivity index is 2.02. The Morgan fingerprint density at radius 2 is 2.14 bits per heavy atom. The van der Waals surface area contributed by atoms with Crippen LogP contribution >= 0.6 is 0 Å². The molecule has 1 fully saturated rings. The molecule has 0 bridgehead atoms. The molecule has 0 aliphatic heterocycles. The van der Waals surface area contributed by atoms with E-state index in [2.05, 4.69) is 5.32 Å². The van der Waals surface area contributed by atoms with E-state index in [1.54, 1.807) is 6.07 Å². The molecule has 0 unspecified atom stereocenters. The first-order valence-electron chi connectivity index (χ1n) is 4.78. The molecule has 1 aromatic carbocycles. The smallest absolute Gasteiger partial charge is 0.146 e. The molecule has 0 heterocycles. The molecule has 0 aromatic heterocycles. The Labute approximate surface area is 82.1 Å². The highest BCUT2D eigenvalue weighted by molar-refractivity contribution is 5.46. The Bertz CT molecular complexity index is 345. The van der Waals surface area contributed by atoms with E-state index in [0.717, 1.165) is 5.56 Å². The number of hydrogen-bond donors (Lipinski definition) is 1. The average molecular weight is 197 g/mol. The lowest BCUT2D eigenvalue weighted by molar-refractivity contribution is 0.326. The maximum atomic E-state index is 13.3. The molecule has 1 aliphatic carbocycles. The van der Waals surface area contributed by atoms with Crippen LogP contribution in [-0.2, 0) is 0 Å². The molecule has 1 nitrogen and oxygen atoms in total. The molecule has 0 atom stereocenters. The molecular weight excluding hydrogens is 184 g/mol. The van der Waals surface area contributed by atoms with Gasteiger partial charge >= 0.3 is 0 Å². The van der Waals surface area contributed by atoms with E-state index in [-0.39, 0.29) is 12.4 Å². The highest BCUT2D eigenvalue weighted by atomic mass is 19.1. The minimum atomic E-state index is -1.09. The van der Waals surface area contributed by atoms with Gasteiger partial charge in [0.05, 0.1) is 5.69 Å². The van der Waals surface area contributed by atoms with Crippen LogP contribution in [0.3, 0.4) is 0 Å². The van der Waals surface area contributed by atoms with E-state index in [1.165, 1.54) is 6.07 Å². The number of alkyl halides is 1. The maximum Gasteiger partial charge on any atom is 0.146 e. The molecule has 2 rings (SSSR count). The highest BCUT2D eigenvalue weighted by Crippen LogP contribution is 2.39. The zero-order chi connectivity index (χ0) is 10.2. The van der Waals surface area contributed by atoms with E-state index in [1.807, 2.05) is 13.0 Å². The zero-order valence-electron chi connectivity index (χ0n) is 8.11. The normalized spacial score (nSPS) is 17.9. The van der Waals surface area contributed by atoms with Crippen LogP contribution < -0.4 is 5.32 Å². The first kappa shape index (κ1) is 9.44. The van der Waals surface area contributed by atoms with Gasteiger partial charge in [-0.1, -0.05) is 6.07 Å². The van der Waals surface area contributed by atoms with Crippen LogP contribution in [0.25, 0.3) is 0 Å². The topological polar surface area (TPSA) is 12.0 Å². The average Bonchev–Trinajstić information content (AvgIpc) is 2.83. The van der Waals surface area contributed by atoms with Crippen LogP contribution in [0, 0.1) is 12.7 Å². The fraction of sp³-hybridized carbons (Fsp3) is 0.455. The zero-order valence-corrected chi connectivity index (χ0v) is 8.11. The summed E-state index contributed by atoms with van der Waals surface area (Å²) in [7, 11) is 0. The van der Waals surface area contributed by atoms with E-state index >= 15 is 0 Å². The monoisotopic (exact) mass is 197 g/mol. The van der Waals surface area contributed by atoms with Gasteiger partial charge in [0.2, 0.25) is 0 Å². The summed E-state index contributed by atoms with van der Waals surface area (Å²) in [6.45, 7) is 2.04. The minimum Gasteiger partial charge on any atom is -0.379 e. The van der Waals surface area contributed by atoms with Gasteiger partial charge in [-0.25, -0.2) is 8.78 Å². The largest absolute Gasteiger partial charge is 0.379 e. The molecule has 0 amide bonds.